The Labute approximate surface area is 143 Å². The molecule has 0 heterocycles. The Bertz CT molecular complexity index is 709. The smallest absolute Gasteiger partial charge is 0.252 e. The normalized spacial score (nSPS) is 12.0. The molecule has 0 radical (unpaired) electrons. The van der Waals surface area contributed by atoms with Crippen molar-refractivity contribution in [3.63, 3.8) is 0 Å². The van der Waals surface area contributed by atoms with Crippen LogP contribution in [0, 0.1) is 20.8 Å². The molecule has 0 aliphatic carbocycles. The number of hydrogen-bond donors (Lipinski definition) is 1. The molecule has 2 aromatic rings. The quantitative estimate of drug-likeness (QED) is 0.763. The molecule has 2 rings (SSSR count). The minimum Gasteiger partial charge on any atom is -0.345 e. The van der Waals surface area contributed by atoms with E-state index in [0.717, 1.165) is 16.2 Å². The zero-order chi connectivity index (χ0) is 17.0. The van der Waals surface area contributed by atoms with Crippen molar-refractivity contribution >= 4 is 17.7 Å². The van der Waals surface area contributed by atoms with Gasteiger partial charge in [0.2, 0.25) is 0 Å². The van der Waals surface area contributed by atoms with Crippen molar-refractivity contribution in [2.75, 3.05) is 5.75 Å². The van der Waals surface area contributed by atoms with Crippen molar-refractivity contribution in [2.45, 2.75) is 45.6 Å². The lowest BCUT2D eigenvalue weighted by Crippen LogP contribution is -2.27. The number of carbonyl (C=O) groups excluding carboxylic acids is 1. The van der Waals surface area contributed by atoms with Gasteiger partial charge in [-0.1, -0.05) is 31.2 Å². The van der Waals surface area contributed by atoms with Gasteiger partial charge < -0.3 is 5.32 Å². The molecule has 0 unspecified atom stereocenters. The topological polar surface area (TPSA) is 29.1 Å². The van der Waals surface area contributed by atoms with E-state index >= 15 is 0 Å². The Kier molecular flexibility index (Phi) is 5.89. The second kappa shape index (κ2) is 7.69. The molecule has 1 N–H and O–H groups in total. The molecule has 0 spiro atoms. The highest BCUT2D eigenvalue weighted by Crippen LogP contribution is 2.25. The first kappa shape index (κ1) is 17.6. The van der Waals surface area contributed by atoms with E-state index in [1.54, 1.807) is 11.8 Å². The number of amides is 1. The Morgan fingerprint density at radius 3 is 2.43 bits per heavy atom. The van der Waals surface area contributed by atoms with E-state index in [9.17, 15) is 4.79 Å². The maximum absolute atomic E-state index is 12.7. The summed E-state index contributed by atoms with van der Waals surface area (Å²) in [7, 11) is 0. The van der Waals surface area contributed by atoms with Gasteiger partial charge in [-0.2, -0.15) is 0 Å². The van der Waals surface area contributed by atoms with Gasteiger partial charge in [0.05, 0.1) is 11.6 Å². The minimum absolute atomic E-state index is 0.00771. The van der Waals surface area contributed by atoms with E-state index in [0.29, 0.717) is 0 Å². The molecule has 0 aromatic heterocycles. The Balaban J connectivity index is 2.22. The molecule has 0 aliphatic rings. The van der Waals surface area contributed by atoms with E-state index < -0.39 is 0 Å². The lowest BCUT2D eigenvalue weighted by atomic mass is 9.96. The summed E-state index contributed by atoms with van der Waals surface area (Å²) in [5, 5.41) is 3.15. The average Bonchev–Trinajstić information content (AvgIpc) is 2.51. The fourth-order valence-electron chi connectivity index (χ4n) is 2.74. The van der Waals surface area contributed by atoms with Crippen LogP contribution in [0.1, 0.15) is 52.5 Å². The van der Waals surface area contributed by atoms with Gasteiger partial charge >= 0.3 is 0 Å². The molecule has 1 amide bonds. The van der Waals surface area contributed by atoms with Crippen molar-refractivity contribution in [1.29, 1.82) is 0 Å². The second-order valence-corrected chi connectivity index (χ2v) is 7.22. The first-order valence-electron chi connectivity index (χ1n) is 8.04. The second-order valence-electron chi connectivity index (χ2n) is 5.92. The summed E-state index contributed by atoms with van der Waals surface area (Å²) in [6.07, 6.45) is 0. The Morgan fingerprint density at radius 1 is 1.09 bits per heavy atom. The van der Waals surface area contributed by atoms with E-state index in [1.807, 2.05) is 31.2 Å². The number of benzene rings is 2. The molecule has 0 bridgehead atoms. The molecule has 1 atom stereocenters. The van der Waals surface area contributed by atoms with E-state index in [-0.39, 0.29) is 11.9 Å². The van der Waals surface area contributed by atoms with Gasteiger partial charge in [-0.15, -0.1) is 11.8 Å². The summed E-state index contributed by atoms with van der Waals surface area (Å²) >= 11 is 1.70. The van der Waals surface area contributed by atoms with E-state index in [2.05, 4.69) is 45.1 Å². The molecule has 2 aromatic carbocycles. The molecular formula is C20H25NOS. The van der Waals surface area contributed by atoms with E-state index in [4.69, 9.17) is 0 Å². The summed E-state index contributed by atoms with van der Waals surface area (Å²) in [5.41, 5.74) is 5.70. The van der Waals surface area contributed by atoms with Gasteiger partial charge in [-0.3, -0.25) is 4.79 Å². The lowest BCUT2D eigenvalue weighted by molar-refractivity contribution is 0.0937. The lowest BCUT2D eigenvalue weighted by Gasteiger charge is -2.19. The Morgan fingerprint density at radius 2 is 1.74 bits per heavy atom. The SMILES string of the molecule is CCSc1ccccc1C(=O)N[C@@H](C)c1cc(C)c(C)cc1C. The molecule has 0 saturated heterocycles. The number of thioether (sulfide) groups is 1. The highest BCUT2D eigenvalue weighted by atomic mass is 32.2. The average molecular weight is 327 g/mol. The third-order valence-electron chi connectivity index (χ3n) is 4.13. The predicted molar refractivity (Wildman–Crippen MR) is 99.4 cm³/mol. The van der Waals surface area contributed by atoms with Gasteiger partial charge in [0.1, 0.15) is 0 Å². The van der Waals surface area contributed by atoms with Crippen molar-refractivity contribution in [1.82, 2.24) is 5.32 Å². The summed E-state index contributed by atoms with van der Waals surface area (Å²) in [6, 6.07) is 12.2. The molecular weight excluding hydrogens is 302 g/mol. The van der Waals surface area contributed by atoms with Crippen LogP contribution in [0.4, 0.5) is 0 Å². The number of rotatable bonds is 5. The highest BCUT2D eigenvalue weighted by Gasteiger charge is 2.16. The summed E-state index contributed by atoms with van der Waals surface area (Å²) in [6.45, 7) is 10.5. The molecule has 23 heavy (non-hydrogen) atoms. The summed E-state index contributed by atoms with van der Waals surface area (Å²) < 4.78 is 0. The third kappa shape index (κ3) is 4.17. The largest absolute Gasteiger partial charge is 0.345 e. The molecule has 0 aliphatic heterocycles. The van der Waals surface area contributed by atoms with Crippen LogP contribution < -0.4 is 5.32 Å². The molecule has 2 nitrogen and oxygen atoms in total. The van der Waals surface area contributed by atoms with Crippen LogP contribution in [0.3, 0.4) is 0 Å². The molecule has 122 valence electrons. The molecule has 3 heteroatoms. The zero-order valence-corrected chi connectivity index (χ0v) is 15.4. The number of carbonyl (C=O) groups is 1. The van der Waals surface area contributed by atoms with Crippen LogP contribution in [0.15, 0.2) is 41.3 Å². The predicted octanol–water partition coefficient (Wildman–Crippen LogP) is 5.21. The van der Waals surface area contributed by atoms with Gasteiger partial charge in [-0.25, -0.2) is 0 Å². The third-order valence-corrected chi connectivity index (χ3v) is 5.08. The number of aryl methyl sites for hydroxylation is 3. The van der Waals surface area contributed by atoms with Crippen LogP contribution in [0.25, 0.3) is 0 Å². The molecule has 0 fully saturated rings. The van der Waals surface area contributed by atoms with Crippen LogP contribution in [-0.2, 0) is 0 Å². The van der Waals surface area contributed by atoms with E-state index in [1.165, 1.54) is 22.3 Å². The number of nitrogens with one attached hydrogen (secondary N) is 1. The monoisotopic (exact) mass is 327 g/mol. The number of hydrogen-bond acceptors (Lipinski definition) is 2. The van der Waals surface area contributed by atoms with Crippen molar-refractivity contribution in [3.8, 4) is 0 Å². The van der Waals surface area contributed by atoms with Crippen LogP contribution >= 0.6 is 11.8 Å². The van der Waals surface area contributed by atoms with Crippen molar-refractivity contribution < 1.29 is 4.79 Å². The highest BCUT2D eigenvalue weighted by molar-refractivity contribution is 7.99. The van der Waals surface area contributed by atoms with Crippen LogP contribution in [-0.4, -0.2) is 11.7 Å². The first-order chi connectivity index (χ1) is 10.9. The van der Waals surface area contributed by atoms with Gasteiger partial charge in [0, 0.05) is 4.90 Å². The molecule has 0 saturated carbocycles. The maximum atomic E-state index is 12.7. The maximum Gasteiger partial charge on any atom is 0.252 e. The van der Waals surface area contributed by atoms with Gasteiger partial charge in [0.25, 0.3) is 5.91 Å². The fraction of sp³-hybridized carbons (Fsp3) is 0.350. The minimum atomic E-state index is -0.0125. The fourth-order valence-corrected chi connectivity index (χ4v) is 3.54. The summed E-state index contributed by atoms with van der Waals surface area (Å²) in [4.78, 5) is 13.7. The van der Waals surface area contributed by atoms with Crippen LogP contribution in [0.5, 0.6) is 0 Å². The van der Waals surface area contributed by atoms with Crippen LogP contribution in [0.2, 0.25) is 0 Å². The van der Waals surface area contributed by atoms with Crippen molar-refractivity contribution in [2.24, 2.45) is 0 Å². The zero-order valence-electron chi connectivity index (χ0n) is 14.6. The van der Waals surface area contributed by atoms with Gasteiger partial charge in [0.15, 0.2) is 0 Å². The first-order valence-corrected chi connectivity index (χ1v) is 9.03. The summed E-state index contributed by atoms with van der Waals surface area (Å²) in [5.74, 6) is 0.947. The standard InChI is InChI=1S/C20H25NOS/c1-6-23-19-10-8-7-9-17(19)20(22)21-16(5)18-12-14(3)13(2)11-15(18)4/h7-12,16H,6H2,1-5H3,(H,21,22)/t16-/m0/s1. The Hall–Kier alpha value is -1.74. The van der Waals surface area contributed by atoms with Crippen molar-refractivity contribution in [3.05, 3.63) is 64.2 Å². The van der Waals surface area contributed by atoms with Gasteiger partial charge in [-0.05, 0) is 67.8 Å².